The Morgan fingerprint density at radius 1 is 1.50 bits per heavy atom. The lowest BCUT2D eigenvalue weighted by Crippen LogP contribution is -2.11. The zero-order valence-electron chi connectivity index (χ0n) is 9.38. The predicted molar refractivity (Wildman–Crippen MR) is 66.9 cm³/mol. The molecule has 2 heterocycles. The van der Waals surface area contributed by atoms with Crippen LogP contribution in [0.3, 0.4) is 0 Å². The standard InChI is InChI=1S/C11H11ClN4O2/c12-9-5-8(11(17)18)6-10(15-9)14-2-4-16-3-1-13-7-16/h1,3,5-7H,2,4H2,(H,14,15)(H,17,18). The number of pyridine rings is 1. The van der Waals surface area contributed by atoms with Gasteiger partial charge >= 0.3 is 5.97 Å². The highest BCUT2D eigenvalue weighted by Crippen LogP contribution is 2.14. The Balaban J connectivity index is 1.98. The van der Waals surface area contributed by atoms with Gasteiger partial charge in [-0.15, -0.1) is 0 Å². The van der Waals surface area contributed by atoms with Crippen LogP contribution < -0.4 is 5.32 Å². The molecular formula is C11H11ClN4O2. The molecule has 0 radical (unpaired) electrons. The highest BCUT2D eigenvalue weighted by atomic mass is 35.5. The normalized spacial score (nSPS) is 10.3. The van der Waals surface area contributed by atoms with E-state index < -0.39 is 5.97 Å². The Morgan fingerprint density at radius 3 is 3.00 bits per heavy atom. The average Bonchev–Trinajstić information content (AvgIpc) is 2.81. The van der Waals surface area contributed by atoms with E-state index in [0.29, 0.717) is 18.9 Å². The Bertz CT molecular complexity index is 542. The van der Waals surface area contributed by atoms with Gasteiger partial charge in [0.25, 0.3) is 0 Å². The topological polar surface area (TPSA) is 80.0 Å². The van der Waals surface area contributed by atoms with Gasteiger partial charge in [0, 0.05) is 25.5 Å². The molecule has 2 N–H and O–H groups in total. The molecule has 0 spiro atoms. The molecule has 0 aliphatic rings. The lowest BCUT2D eigenvalue weighted by molar-refractivity contribution is 0.0697. The number of carbonyl (C=O) groups is 1. The van der Waals surface area contributed by atoms with E-state index in [0.717, 1.165) is 0 Å². The van der Waals surface area contributed by atoms with Crippen molar-refractivity contribution < 1.29 is 9.90 Å². The maximum Gasteiger partial charge on any atom is 0.335 e. The van der Waals surface area contributed by atoms with Crippen molar-refractivity contribution in [3.8, 4) is 0 Å². The lowest BCUT2D eigenvalue weighted by Gasteiger charge is -2.07. The number of aromatic carboxylic acids is 1. The van der Waals surface area contributed by atoms with Gasteiger partial charge in [-0.3, -0.25) is 0 Å². The molecule has 0 aromatic carbocycles. The summed E-state index contributed by atoms with van der Waals surface area (Å²) in [6.07, 6.45) is 5.24. The predicted octanol–water partition coefficient (Wildman–Crippen LogP) is 1.74. The van der Waals surface area contributed by atoms with Crippen LogP contribution in [0.2, 0.25) is 5.15 Å². The number of rotatable bonds is 5. The lowest BCUT2D eigenvalue weighted by atomic mass is 10.2. The number of halogens is 1. The molecule has 7 heteroatoms. The first kappa shape index (κ1) is 12.4. The van der Waals surface area contributed by atoms with Gasteiger partial charge in [-0.25, -0.2) is 14.8 Å². The van der Waals surface area contributed by atoms with Crippen molar-refractivity contribution in [1.29, 1.82) is 0 Å². The molecule has 0 fully saturated rings. The Morgan fingerprint density at radius 2 is 2.33 bits per heavy atom. The SMILES string of the molecule is O=C(O)c1cc(Cl)nc(NCCn2ccnc2)c1. The van der Waals surface area contributed by atoms with Crippen LogP contribution in [-0.4, -0.2) is 32.2 Å². The smallest absolute Gasteiger partial charge is 0.335 e. The van der Waals surface area contributed by atoms with Gasteiger partial charge in [-0.2, -0.15) is 0 Å². The van der Waals surface area contributed by atoms with Crippen LogP contribution >= 0.6 is 11.6 Å². The summed E-state index contributed by atoms with van der Waals surface area (Å²) >= 11 is 5.74. The minimum atomic E-state index is -1.03. The van der Waals surface area contributed by atoms with Crippen LogP contribution in [0.25, 0.3) is 0 Å². The summed E-state index contributed by atoms with van der Waals surface area (Å²) in [5.74, 6) is -0.586. The third kappa shape index (κ3) is 3.21. The monoisotopic (exact) mass is 266 g/mol. The highest BCUT2D eigenvalue weighted by molar-refractivity contribution is 6.29. The van der Waals surface area contributed by atoms with Crippen molar-refractivity contribution in [2.45, 2.75) is 6.54 Å². The van der Waals surface area contributed by atoms with Crippen LogP contribution in [0, 0.1) is 0 Å². The largest absolute Gasteiger partial charge is 0.478 e. The minimum Gasteiger partial charge on any atom is -0.478 e. The van der Waals surface area contributed by atoms with E-state index in [1.165, 1.54) is 12.1 Å². The zero-order chi connectivity index (χ0) is 13.0. The fourth-order valence-electron chi connectivity index (χ4n) is 1.44. The van der Waals surface area contributed by atoms with Gasteiger partial charge in [0.2, 0.25) is 0 Å². The fraction of sp³-hybridized carbons (Fsp3) is 0.182. The van der Waals surface area contributed by atoms with E-state index in [1.807, 2.05) is 10.8 Å². The van der Waals surface area contributed by atoms with E-state index in [-0.39, 0.29) is 10.7 Å². The molecule has 0 aliphatic heterocycles. The van der Waals surface area contributed by atoms with E-state index in [1.54, 1.807) is 12.5 Å². The molecule has 0 saturated carbocycles. The molecule has 0 bridgehead atoms. The van der Waals surface area contributed by atoms with E-state index >= 15 is 0 Å². The number of anilines is 1. The van der Waals surface area contributed by atoms with E-state index in [9.17, 15) is 4.79 Å². The summed E-state index contributed by atoms with van der Waals surface area (Å²) in [7, 11) is 0. The second kappa shape index (κ2) is 5.50. The molecule has 0 saturated heterocycles. The molecule has 2 aromatic heterocycles. The molecule has 18 heavy (non-hydrogen) atoms. The fourth-order valence-corrected chi connectivity index (χ4v) is 1.65. The molecule has 0 aliphatic carbocycles. The van der Waals surface area contributed by atoms with E-state index in [2.05, 4.69) is 15.3 Å². The number of nitrogens with one attached hydrogen (secondary N) is 1. The number of carboxylic acid groups (broad SMARTS) is 1. The van der Waals surface area contributed by atoms with Gasteiger partial charge in [0.1, 0.15) is 11.0 Å². The number of hydrogen-bond acceptors (Lipinski definition) is 4. The second-order valence-electron chi connectivity index (χ2n) is 3.60. The van der Waals surface area contributed by atoms with Crippen molar-refractivity contribution in [3.05, 3.63) is 41.6 Å². The number of nitrogens with zero attached hydrogens (tertiary/aromatic N) is 3. The molecule has 0 unspecified atom stereocenters. The molecule has 2 rings (SSSR count). The van der Waals surface area contributed by atoms with Gasteiger partial charge < -0.3 is 15.0 Å². The first-order valence-corrected chi connectivity index (χ1v) is 5.63. The summed E-state index contributed by atoms with van der Waals surface area (Å²) in [4.78, 5) is 18.8. The number of imidazole rings is 1. The van der Waals surface area contributed by atoms with Crippen LogP contribution in [-0.2, 0) is 6.54 Å². The zero-order valence-corrected chi connectivity index (χ0v) is 10.1. The highest BCUT2D eigenvalue weighted by Gasteiger charge is 2.07. The van der Waals surface area contributed by atoms with Crippen molar-refractivity contribution in [2.75, 3.05) is 11.9 Å². The van der Waals surface area contributed by atoms with Crippen LogP contribution in [0.5, 0.6) is 0 Å². The third-order valence-electron chi connectivity index (χ3n) is 2.28. The average molecular weight is 267 g/mol. The van der Waals surface area contributed by atoms with Gasteiger partial charge in [0.05, 0.1) is 11.9 Å². The molecule has 6 nitrogen and oxygen atoms in total. The summed E-state index contributed by atoms with van der Waals surface area (Å²) in [6.45, 7) is 1.30. The molecule has 2 aromatic rings. The molecule has 0 atom stereocenters. The van der Waals surface area contributed by atoms with E-state index in [4.69, 9.17) is 16.7 Å². The van der Waals surface area contributed by atoms with Crippen LogP contribution in [0.4, 0.5) is 5.82 Å². The number of carboxylic acids is 1. The van der Waals surface area contributed by atoms with Crippen molar-refractivity contribution in [2.24, 2.45) is 0 Å². The van der Waals surface area contributed by atoms with Crippen LogP contribution in [0.1, 0.15) is 10.4 Å². The van der Waals surface area contributed by atoms with Gasteiger partial charge in [-0.1, -0.05) is 11.6 Å². The molecule has 0 amide bonds. The first-order valence-electron chi connectivity index (χ1n) is 5.25. The number of hydrogen-bond donors (Lipinski definition) is 2. The minimum absolute atomic E-state index is 0.111. The summed E-state index contributed by atoms with van der Waals surface area (Å²) in [6, 6.07) is 2.76. The van der Waals surface area contributed by atoms with Crippen LogP contribution in [0.15, 0.2) is 30.9 Å². The van der Waals surface area contributed by atoms with Crippen molar-refractivity contribution in [1.82, 2.24) is 14.5 Å². The Kier molecular flexibility index (Phi) is 3.78. The summed E-state index contributed by atoms with van der Waals surface area (Å²) < 4.78 is 1.90. The summed E-state index contributed by atoms with van der Waals surface area (Å²) in [5, 5.41) is 12.0. The number of aromatic nitrogens is 3. The molecular weight excluding hydrogens is 256 g/mol. The van der Waals surface area contributed by atoms with Crippen molar-refractivity contribution >= 4 is 23.4 Å². The molecule has 94 valence electrons. The Hall–Kier alpha value is -2.08. The quantitative estimate of drug-likeness (QED) is 0.806. The van der Waals surface area contributed by atoms with Gasteiger partial charge in [0.15, 0.2) is 0 Å². The second-order valence-corrected chi connectivity index (χ2v) is 3.98. The maximum atomic E-state index is 10.8. The summed E-state index contributed by atoms with van der Waals surface area (Å²) in [5.41, 5.74) is 0.111. The third-order valence-corrected chi connectivity index (χ3v) is 2.47. The van der Waals surface area contributed by atoms with Crippen molar-refractivity contribution in [3.63, 3.8) is 0 Å². The first-order chi connectivity index (χ1) is 8.65. The maximum absolute atomic E-state index is 10.8. The van der Waals surface area contributed by atoms with Gasteiger partial charge in [-0.05, 0) is 12.1 Å². The Labute approximate surface area is 108 Å².